The molecule has 0 aromatic heterocycles. The molecule has 0 heterocycles. The van der Waals surface area contributed by atoms with E-state index in [1.54, 1.807) is 0 Å². The highest BCUT2D eigenvalue weighted by molar-refractivity contribution is 5.89. The fourth-order valence-corrected chi connectivity index (χ4v) is 1.61. The Labute approximate surface area is 107 Å². The van der Waals surface area contributed by atoms with Gasteiger partial charge in [-0.3, -0.25) is 9.59 Å². The lowest BCUT2D eigenvalue weighted by Crippen LogP contribution is -2.40. The Morgan fingerprint density at radius 1 is 1.39 bits per heavy atom. The number of carbonyl (C=O) groups excluding carboxylic acids is 2. The first kappa shape index (κ1) is 14.0. The number of nitrogens with one attached hydrogen (secondary N) is 2. The second kappa shape index (κ2) is 6.64. The molecule has 98 valence electrons. The molecule has 0 saturated carbocycles. The number of benzene rings is 1. The van der Waals surface area contributed by atoms with Crippen molar-refractivity contribution in [2.24, 2.45) is 5.73 Å². The minimum absolute atomic E-state index is 0.0388. The maximum absolute atomic E-state index is 11.5. The molecule has 0 aliphatic heterocycles. The number of hydrogen-bond donors (Lipinski definition) is 3. The average molecular weight is 249 g/mol. The molecule has 1 rings (SSSR count). The lowest BCUT2D eigenvalue weighted by molar-refractivity contribution is -0.125. The summed E-state index contributed by atoms with van der Waals surface area (Å²) in [5, 5.41) is 5.61. The summed E-state index contributed by atoms with van der Waals surface area (Å²) in [5.74, 6) is -0.732. The van der Waals surface area contributed by atoms with Crippen LogP contribution < -0.4 is 16.4 Å². The van der Waals surface area contributed by atoms with E-state index in [0.717, 1.165) is 11.3 Å². The molecule has 0 aliphatic rings. The zero-order valence-corrected chi connectivity index (χ0v) is 10.7. The van der Waals surface area contributed by atoms with Crippen LogP contribution in [0.1, 0.15) is 18.9 Å². The summed E-state index contributed by atoms with van der Waals surface area (Å²) in [6.07, 6.45) is 0.0388. The normalized spacial score (nSPS) is 11.7. The number of carbonyl (C=O) groups is 2. The molecule has 2 amide bonds. The summed E-state index contributed by atoms with van der Waals surface area (Å²) in [7, 11) is 0. The van der Waals surface area contributed by atoms with E-state index in [2.05, 4.69) is 10.6 Å². The van der Waals surface area contributed by atoms with Gasteiger partial charge in [0, 0.05) is 12.2 Å². The van der Waals surface area contributed by atoms with Crippen LogP contribution in [0, 0.1) is 6.92 Å². The predicted octanol–water partition coefficient (Wildman–Crippen LogP) is 0.787. The van der Waals surface area contributed by atoms with Gasteiger partial charge in [0.1, 0.15) is 6.04 Å². The standard InChI is InChI=1S/C13H19N3O2/c1-3-15-12(17)8-11(13(14)18)16-10-6-4-5-9(2)7-10/h4-7,11,16H,3,8H2,1-2H3,(H2,14,18)(H,15,17). The van der Waals surface area contributed by atoms with Crippen LogP contribution in [0.25, 0.3) is 0 Å². The fourth-order valence-electron chi connectivity index (χ4n) is 1.61. The van der Waals surface area contributed by atoms with Crippen LogP contribution in [0.15, 0.2) is 24.3 Å². The van der Waals surface area contributed by atoms with E-state index in [1.807, 2.05) is 38.1 Å². The van der Waals surface area contributed by atoms with Crippen LogP contribution >= 0.6 is 0 Å². The molecule has 1 unspecified atom stereocenters. The molecule has 5 nitrogen and oxygen atoms in total. The molecule has 0 fully saturated rings. The van der Waals surface area contributed by atoms with Crippen molar-refractivity contribution >= 4 is 17.5 Å². The summed E-state index contributed by atoms with van der Waals surface area (Å²) in [4.78, 5) is 22.8. The van der Waals surface area contributed by atoms with Gasteiger partial charge in [-0.15, -0.1) is 0 Å². The van der Waals surface area contributed by atoms with Crippen LogP contribution in [0.2, 0.25) is 0 Å². The molecule has 0 spiro atoms. The van der Waals surface area contributed by atoms with Gasteiger partial charge in [0.25, 0.3) is 0 Å². The van der Waals surface area contributed by atoms with Gasteiger partial charge in [0.15, 0.2) is 0 Å². The molecule has 1 atom stereocenters. The van der Waals surface area contributed by atoms with E-state index in [1.165, 1.54) is 0 Å². The number of aryl methyl sites for hydroxylation is 1. The summed E-state index contributed by atoms with van der Waals surface area (Å²) >= 11 is 0. The van der Waals surface area contributed by atoms with Crippen LogP contribution in [0.3, 0.4) is 0 Å². The first-order valence-electron chi connectivity index (χ1n) is 5.92. The highest BCUT2D eigenvalue weighted by Crippen LogP contribution is 2.12. The zero-order valence-electron chi connectivity index (χ0n) is 10.7. The van der Waals surface area contributed by atoms with Gasteiger partial charge < -0.3 is 16.4 Å². The number of nitrogens with two attached hydrogens (primary N) is 1. The molecule has 0 bridgehead atoms. The van der Waals surface area contributed by atoms with E-state index in [4.69, 9.17) is 5.73 Å². The SMILES string of the molecule is CCNC(=O)CC(Nc1cccc(C)c1)C(N)=O. The van der Waals surface area contributed by atoms with Crippen molar-refractivity contribution in [2.75, 3.05) is 11.9 Å². The first-order valence-corrected chi connectivity index (χ1v) is 5.92. The number of amides is 2. The Bertz CT molecular complexity index is 432. The third kappa shape index (κ3) is 4.45. The van der Waals surface area contributed by atoms with Gasteiger partial charge in [-0.2, -0.15) is 0 Å². The summed E-state index contributed by atoms with van der Waals surface area (Å²) in [6.45, 7) is 4.31. The quantitative estimate of drug-likeness (QED) is 0.696. The molecule has 4 N–H and O–H groups in total. The summed E-state index contributed by atoms with van der Waals surface area (Å²) < 4.78 is 0. The van der Waals surface area contributed by atoms with Crippen molar-refractivity contribution in [1.82, 2.24) is 5.32 Å². The zero-order chi connectivity index (χ0) is 13.5. The average Bonchev–Trinajstić information content (AvgIpc) is 2.28. The van der Waals surface area contributed by atoms with E-state index in [0.29, 0.717) is 6.54 Å². The molecule has 18 heavy (non-hydrogen) atoms. The van der Waals surface area contributed by atoms with Crippen molar-refractivity contribution in [2.45, 2.75) is 26.3 Å². The molecule has 5 heteroatoms. The van der Waals surface area contributed by atoms with E-state index < -0.39 is 11.9 Å². The maximum atomic E-state index is 11.5. The van der Waals surface area contributed by atoms with Gasteiger partial charge in [-0.25, -0.2) is 0 Å². The summed E-state index contributed by atoms with van der Waals surface area (Å²) in [5.41, 5.74) is 7.14. The van der Waals surface area contributed by atoms with Gasteiger partial charge in [0.2, 0.25) is 11.8 Å². The molecule has 1 aromatic carbocycles. The third-order valence-corrected chi connectivity index (χ3v) is 2.47. The Hall–Kier alpha value is -2.04. The van der Waals surface area contributed by atoms with Crippen LogP contribution in [0.4, 0.5) is 5.69 Å². The Morgan fingerprint density at radius 2 is 2.11 bits per heavy atom. The maximum Gasteiger partial charge on any atom is 0.240 e. The number of anilines is 1. The number of primary amides is 1. The predicted molar refractivity (Wildman–Crippen MR) is 71.1 cm³/mol. The summed E-state index contributed by atoms with van der Waals surface area (Å²) in [6, 6.07) is 6.86. The fraction of sp³-hybridized carbons (Fsp3) is 0.385. The minimum atomic E-state index is -0.696. The lowest BCUT2D eigenvalue weighted by Gasteiger charge is -2.16. The topological polar surface area (TPSA) is 84.2 Å². The van der Waals surface area contributed by atoms with Crippen LogP contribution in [0.5, 0.6) is 0 Å². The van der Waals surface area contributed by atoms with Gasteiger partial charge in [-0.1, -0.05) is 12.1 Å². The number of hydrogen-bond acceptors (Lipinski definition) is 3. The smallest absolute Gasteiger partial charge is 0.240 e. The molecule has 1 aromatic rings. The van der Waals surface area contributed by atoms with E-state index >= 15 is 0 Å². The van der Waals surface area contributed by atoms with E-state index in [-0.39, 0.29) is 12.3 Å². The van der Waals surface area contributed by atoms with Crippen molar-refractivity contribution in [3.8, 4) is 0 Å². The largest absolute Gasteiger partial charge is 0.373 e. The second-order valence-electron chi connectivity index (χ2n) is 4.13. The Morgan fingerprint density at radius 3 is 2.67 bits per heavy atom. The molecule has 0 aliphatic carbocycles. The molecular formula is C13H19N3O2. The first-order chi connectivity index (χ1) is 8.52. The van der Waals surface area contributed by atoms with Gasteiger partial charge in [0.05, 0.1) is 6.42 Å². The third-order valence-electron chi connectivity index (χ3n) is 2.47. The van der Waals surface area contributed by atoms with E-state index in [9.17, 15) is 9.59 Å². The van der Waals surface area contributed by atoms with Crippen molar-refractivity contribution in [3.63, 3.8) is 0 Å². The molecule has 0 saturated heterocycles. The van der Waals surface area contributed by atoms with Gasteiger partial charge in [-0.05, 0) is 31.5 Å². The van der Waals surface area contributed by atoms with Crippen molar-refractivity contribution in [3.05, 3.63) is 29.8 Å². The lowest BCUT2D eigenvalue weighted by atomic mass is 10.1. The molecular weight excluding hydrogens is 230 g/mol. The van der Waals surface area contributed by atoms with Gasteiger partial charge >= 0.3 is 0 Å². The molecule has 0 radical (unpaired) electrons. The van der Waals surface area contributed by atoms with Crippen molar-refractivity contribution in [1.29, 1.82) is 0 Å². The minimum Gasteiger partial charge on any atom is -0.373 e. The van der Waals surface area contributed by atoms with Crippen molar-refractivity contribution < 1.29 is 9.59 Å². The van der Waals surface area contributed by atoms with Crippen LogP contribution in [-0.4, -0.2) is 24.4 Å². The monoisotopic (exact) mass is 249 g/mol. The highest BCUT2D eigenvalue weighted by Gasteiger charge is 2.18. The second-order valence-corrected chi connectivity index (χ2v) is 4.13. The number of rotatable bonds is 6. The van der Waals surface area contributed by atoms with Crippen LogP contribution in [-0.2, 0) is 9.59 Å². The Balaban J connectivity index is 2.69. The highest BCUT2D eigenvalue weighted by atomic mass is 16.2. The Kier molecular flexibility index (Phi) is 5.17.